The highest BCUT2D eigenvalue weighted by Crippen LogP contribution is 2.47. The molecule has 3 atom stereocenters. The zero-order chi connectivity index (χ0) is 17.7. The van der Waals surface area contributed by atoms with Crippen LogP contribution in [0.2, 0.25) is 0 Å². The number of hydrogen-bond acceptors (Lipinski definition) is 3. The number of aromatic amines is 1. The van der Waals surface area contributed by atoms with Crippen LogP contribution in [0, 0.1) is 12.3 Å². The van der Waals surface area contributed by atoms with Crippen molar-refractivity contribution < 1.29 is 4.79 Å². The van der Waals surface area contributed by atoms with Gasteiger partial charge in [0.1, 0.15) is 5.82 Å². The average Bonchev–Trinajstić information content (AvgIpc) is 3.34. The summed E-state index contributed by atoms with van der Waals surface area (Å²) in [6, 6.07) is 11.3. The number of nitrogens with one attached hydrogen (secondary N) is 2. The van der Waals surface area contributed by atoms with Crippen molar-refractivity contribution in [2.45, 2.75) is 57.7 Å². The Balaban J connectivity index is 1.45. The van der Waals surface area contributed by atoms with E-state index in [0.29, 0.717) is 24.5 Å². The van der Waals surface area contributed by atoms with Crippen molar-refractivity contribution in [1.82, 2.24) is 20.2 Å². The van der Waals surface area contributed by atoms with Gasteiger partial charge in [-0.15, -0.1) is 0 Å². The number of aromatic nitrogens is 2. The average molecular weight is 350 g/mol. The Hall–Kier alpha value is -2.14. The highest BCUT2D eigenvalue weighted by molar-refractivity contribution is 5.85. The first-order valence-corrected chi connectivity index (χ1v) is 9.78. The van der Waals surface area contributed by atoms with Gasteiger partial charge in [0.05, 0.1) is 23.3 Å². The van der Waals surface area contributed by atoms with Crippen LogP contribution >= 0.6 is 0 Å². The molecule has 3 aliphatic rings. The molecule has 0 radical (unpaired) electrons. The molecule has 5 nitrogen and oxygen atoms in total. The molecule has 2 aromatic rings. The van der Waals surface area contributed by atoms with Gasteiger partial charge in [-0.05, 0) is 38.2 Å². The summed E-state index contributed by atoms with van der Waals surface area (Å²) in [6.45, 7) is 3.44. The van der Waals surface area contributed by atoms with E-state index in [0.717, 1.165) is 49.4 Å². The highest BCUT2D eigenvalue weighted by atomic mass is 16.2. The molecule has 2 N–H and O–H groups in total. The maximum atomic E-state index is 13.8. The molecule has 2 bridgehead atoms. The van der Waals surface area contributed by atoms with Gasteiger partial charge in [-0.25, -0.2) is 4.98 Å². The molecule has 1 aromatic heterocycles. The first-order chi connectivity index (χ1) is 12.6. The van der Waals surface area contributed by atoms with Crippen molar-refractivity contribution in [3.8, 4) is 0 Å². The molecule has 0 aliphatic carbocycles. The lowest BCUT2D eigenvalue weighted by Crippen LogP contribution is -2.52. The number of carbonyl (C=O) groups excluding carboxylic acids is 1. The van der Waals surface area contributed by atoms with Crippen LogP contribution in [0.3, 0.4) is 0 Å². The van der Waals surface area contributed by atoms with Crippen LogP contribution in [0.4, 0.5) is 0 Å². The number of imidazole rings is 1. The molecule has 4 heterocycles. The number of nitrogens with zero attached hydrogens (tertiary/aromatic N) is 2. The summed E-state index contributed by atoms with van der Waals surface area (Å²) in [4.78, 5) is 23.8. The maximum Gasteiger partial charge on any atom is 0.231 e. The van der Waals surface area contributed by atoms with E-state index in [1.54, 1.807) is 0 Å². The normalized spacial score (nSPS) is 29.8. The third kappa shape index (κ3) is 2.49. The lowest BCUT2D eigenvalue weighted by atomic mass is 9.69. The summed E-state index contributed by atoms with van der Waals surface area (Å²) >= 11 is 0. The van der Waals surface area contributed by atoms with Crippen LogP contribution in [-0.4, -0.2) is 39.4 Å². The zero-order valence-corrected chi connectivity index (χ0v) is 15.3. The lowest BCUT2D eigenvalue weighted by molar-refractivity contribution is -0.144. The van der Waals surface area contributed by atoms with Gasteiger partial charge in [-0.2, -0.15) is 0 Å². The molecule has 1 aromatic carbocycles. The standard InChI is InChI=1S/C21H26N4O/c1-14-22-17-9-10-25(13-18(17)23-14)20(26)21(11-15-5-3-2-4-6-15)12-16-7-8-19(21)24-16/h2-6,16,19,24H,7-13H2,1H3,(H,22,23)/t16-,19+,21+/m1/s1. The SMILES string of the molecule is Cc1nc2c([nH]1)CN(C(=O)[C@@]1(Cc3ccccc3)C[C@H]3CC[C@@H]1N3)CC2. The quantitative estimate of drug-likeness (QED) is 0.893. The Bertz CT molecular complexity index is 830. The van der Waals surface area contributed by atoms with E-state index in [4.69, 9.17) is 0 Å². The molecule has 2 saturated heterocycles. The van der Waals surface area contributed by atoms with Gasteiger partial charge in [0, 0.05) is 25.0 Å². The fourth-order valence-corrected chi connectivity index (χ4v) is 5.39. The second-order valence-corrected chi connectivity index (χ2v) is 8.24. The Morgan fingerprint density at radius 3 is 2.88 bits per heavy atom. The van der Waals surface area contributed by atoms with E-state index < -0.39 is 0 Å². The van der Waals surface area contributed by atoms with Crippen molar-refractivity contribution >= 4 is 5.91 Å². The summed E-state index contributed by atoms with van der Waals surface area (Å²) in [5.74, 6) is 1.28. The molecule has 1 amide bonds. The van der Waals surface area contributed by atoms with Crippen LogP contribution < -0.4 is 5.32 Å². The predicted molar refractivity (Wildman–Crippen MR) is 99.6 cm³/mol. The minimum atomic E-state index is -0.295. The van der Waals surface area contributed by atoms with Gasteiger partial charge in [0.2, 0.25) is 5.91 Å². The van der Waals surface area contributed by atoms with Gasteiger partial charge in [0.15, 0.2) is 0 Å². The maximum absolute atomic E-state index is 13.8. The van der Waals surface area contributed by atoms with Gasteiger partial charge >= 0.3 is 0 Å². The number of fused-ring (bicyclic) bond motifs is 3. The minimum Gasteiger partial charge on any atom is -0.344 e. The number of aryl methyl sites for hydroxylation is 1. The molecule has 0 spiro atoms. The summed E-state index contributed by atoms with van der Waals surface area (Å²) in [7, 11) is 0. The third-order valence-electron chi connectivity index (χ3n) is 6.54. The summed E-state index contributed by atoms with van der Waals surface area (Å²) in [5.41, 5.74) is 3.23. The predicted octanol–water partition coefficient (Wildman–Crippen LogP) is 2.36. The van der Waals surface area contributed by atoms with Crippen LogP contribution in [0.15, 0.2) is 30.3 Å². The molecule has 26 heavy (non-hydrogen) atoms. The van der Waals surface area contributed by atoms with E-state index >= 15 is 0 Å². The number of benzene rings is 1. The number of hydrogen-bond donors (Lipinski definition) is 2. The molecule has 0 unspecified atom stereocenters. The van der Waals surface area contributed by atoms with Crippen LogP contribution in [0.1, 0.15) is 42.0 Å². The molecule has 3 aliphatic heterocycles. The Morgan fingerprint density at radius 2 is 2.15 bits per heavy atom. The topological polar surface area (TPSA) is 61.0 Å². The molecule has 136 valence electrons. The summed E-state index contributed by atoms with van der Waals surface area (Å²) < 4.78 is 0. The zero-order valence-electron chi connectivity index (χ0n) is 15.3. The Kier molecular flexibility index (Phi) is 3.67. The molecular formula is C21H26N4O. The first kappa shape index (κ1) is 16.1. The van der Waals surface area contributed by atoms with Crippen LogP contribution in [0.25, 0.3) is 0 Å². The van der Waals surface area contributed by atoms with Crippen molar-refractivity contribution in [3.63, 3.8) is 0 Å². The monoisotopic (exact) mass is 350 g/mol. The fourth-order valence-electron chi connectivity index (χ4n) is 5.39. The van der Waals surface area contributed by atoms with E-state index in [1.807, 2.05) is 13.0 Å². The van der Waals surface area contributed by atoms with E-state index in [2.05, 4.69) is 44.5 Å². The second-order valence-electron chi connectivity index (χ2n) is 8.24. The summed E-state index contributed by atoms with van der Waals surface area (Å²) in [5, 5.41) is 3.71. The van der Waals surface area contributed by atoms with Crippen LogP contribution in [-0.2, 0) is 24.2 Å². The number of carbonyl (C=O) groups is 1. The highest BCUT2D eigenvalue weighted by Gasteiger charge is 2.56. The van der Waals surface area contributed by atoms with Crippen LogP contribution in [0.5, 0.6) is 0 Å². The van der Waals surface area contributed by atoms with E-state index in [9.17, 15) is 4.79 Å². The lowest BCUT2D eigenvalue weighted by Gasteiger charge is -2.40. The van der Waals surface area contributed by atoms with Gasteiger partial charge < -0.3 is 15.2 Å². The smallest absolute Gasteiger partial charge is 0.231 e. The fraction of sp³-hybridized carbons (Fsp3) is 0.524. The third-order valence-corrected chi connectivity index (χ3v) is 6.54. The Morgan fingerprint density at radius 1 is 1.31 bits per heavy atom. The number of H-pyrrole nitrogens is 1. The van der Waals surface area contributed by atoms with Gasteiger partial charge in [-0.1, -0.05) is 30.3 Å². The number of amides is 1. The van der Waals surface area contributed by atoms with Gasteiger partial charge in [0.25, 0.3) is 0 Å². The number of rotatable bonds is 3. The minimum absolute atomic E-state index is 0.295. The van der Waals surface area contributed by atoms with Gasteiger partial charge in [-0.3, -0.25) is 4.79 Å². The van der Waals surface area contributed by atoms with Crippen molar-refractivity contribution in [3.05, 3.63) is 53.1 Å². The molecule has 2 fully saturated rings. The molecule has 5 heteroatoms. The Labute approximate surface area is 154 Å². The molecular weight excluding hydrogens is 324 g/mol. The van der Waals surface area contributed by atoms with E-state index in [1.165, 1.54) is 12.0 Å². The van der Waals surface area contributed by atoms with Crippen molar-refractivity contribution in [1.29, 1.82) is 0 Å². The summed E-state index contributed by atoms with van der Waals surface area (Å²) in [6.07, 6.45) is 4.99. The first-order valence-electron chi connectivity index (χ1n) is 9.78. The molecule has 0 saturated carbocycles. The van der Waals surface area contributed by atoms with Crippen molar-refractivity contribution in [2.24, 2.45) is 5.41 Å². The second kappa shape index (κ2) is 5.95. The van der Waals surface area contributed by atoms with Crippen molar-refractivity contribution in [2.75, 3.05) is 6.54 Å². The molecule has 5 rings (SSSR count). The van der Waals surface area contributed by atoms with E-state index in [-0.39, 0.29) is 5.41 Å². The largest absolute Gasteiger partial charge is 0.344 e.